The minimum atomic E-state index is -0.469. The molecule has 0 heterocycles. The van der Waals surface area contributed by atoms with Gasteiger partial charge in [0.2, 0.25) is 5.91 Å². The molecule has 1 aromatic carbocycles. The average Bonchev–Trinajstić information content (AvgIpc) is 2.30. The average molecular weight is 299 g/mol. The number of halogens is 1. The van der Waals surface area contributed by atoms with E-state index in [2.05, 4.69) is 28.2 Å². The Kier molecular flexibility index (Phi) is 5.15. The molecule has 3 N–H and O–H groups in total. The highest BCUT2D eigenvalue weighted by molar-refractivity contribution is 9.10. The topological polar surface area (TPSA) is 55.1 Å². The molecule has 0 aliphatic rings. The zero-order valence-corrected chi connectivity index (χ0v) is 12.0. The van der Waals surface area contributed by atoms with Crippen molar-refractivity contribution in [1.29, 1.82) is 0 Å². The Bertz CT molecular complexity index is 404. The van der Waals surface area contributed by atoms with Crippen LogP contribution in [0.2, 0.25) is 0 Å². The number of benzene rings is 1. The van der Waals surface area contributed by atoms with Gasteiger partial charge in [0.05, 0.1) is 6.04 Å². The molecule has 0 radical (unpaired) electrons. The summed E-state index contributed by atoms with van der Waals surface area (Å²) < 4.78 is 1.01. The largest absolute Gasteiger partial charge is 0.324 e. The summed E-state index contributed by atoms with van der Waals surface area (Å²) in [5.74, 6) is 0.00699. The molecule has 17 heavy (non-hydrogen) atoms. The first-order chi connectivity index (χ1) is 7.95. The third-order valence-electron chi connectivity index (χ3n) is 2.73. The van der Waals surface area contributed by atoms with E-state index in [0.29, 0.717) is 0 Å². The lowest BCUT2D eigenvalue weighted by Gasteiger charge is -2.17. The molecule has 94 valence electrons. The molecule has 0 bridgehead atoms. The highest BCUT2D eigenvalue weighted by Crippen LogP contribution is 2.21. The lowest BCUT2D eigenvalue weighted by Crippen LogP contribution is -2.39. The molecule has 3 nitrogen and oxygen atoms in total. The molecule has 0 spiro atoms. The maximum absolute atomic E-state index is 11.9. The molecule has 1 rings (SSSR count). The zero-order valence-electron chi connectivity index (χ0n) is 10.5. The van der Waals surface area contributed by atoms with Crippen LogP contribution in [0, 0.1) is 5.92 Å². The van der Waals surface area contributed by atoms with Gasteiger partial charge in [0, 0.05) is 10.2 Å². The van der Waals surface area contributed by atoms with Crippen LogP contribution in [0.5, 0.6) is 0 Å². The molecule has 0 aliphatic heterocycles. The van der Waals surface area contributed by atoms with Crippen LogP contribution in [0.15, 0.2) is 22.7 Å². The fraction of sp³-hybridized carbons (Fsp3) is 0.462. The number of hydrogen-bond donors (Lipinski definition) is 2. The molecule has 0 fully saturated rings. The van der Waals surface area contributed by atoms with Gasteiger partial charge in [-0.3, -0.25) is 4.79 Å². The van der Waals surface area contributed by atoms with Crippen LogP contribution >= 0.6 is 15.9 Å². The lowest BCUT2D eigenvalue weighted by atomic mass is 10.0. The number of rotatable bonds is 4. The van der Waals surface area contributed by atoms with Crippen LogP contribution in [0.3, 0.4) is 0 Å². The summed E-state index contributed by atoms with van der Waals surface area (Å²) in [5.41, 5.74) is 7.75. The molecule has 0 aliphatic carbocycles. The Morgan fingerprint density at radius 2 is 2.12 bits per heavy atom. The van der Waals surface area contributed by atoms with E-state index in [-0.39, 0.29) is 11.8 Å². The Morgan fingerprint density at radius 1 is 1.47 bits per heavy atom. The van der Waals surface area contributed by atoms with Crippen molar-refractivity contribution in [2.75, 3.05) is 5.32 Å². The van der Waals surface area contributed by atoms with Gasteiger partial charge in [-0.1, -0.05) is 36.7 Å². The summed E-state index contributed by atoms with van der Waals surface area (Å²) in [5, 5.41) is 2.88. The van der Waals surface area contributed by atoms with Crippen molar-refractivity contribution < 1.29 is 4.79 Å². The summed E-state index contributed by atoms with van der Waals surface area (Å²) in [6, 6.07) is 5.35. The van der Waals surface area contributed by atoms with Crippen LogP contribution in [-0.2, 0) is 11.2 Å². The first-order valence-corrected chi connectivity index (χ1v) is 6.59. The highest BCUT2D eigenvalue weighted by atomic mass is 79.9. The van der Waals surface area contributed by atoms with E-state index in [0.717, 1.165) is 22.1 Å². The SMILES string of the molecule is CCc1cc(Br)ccc1NC(=O)[C@H](N)C(C)C. The van der Waals surface area contributed by atoms with Gasteiger partial charge in [-0.2, -0.15) is 0 Å². The number of anilines is 1. The van der Waals surface area contributed by atoms with Gasteiger partial charge in [-0.25, -0.2) is 0 Å². The highest BCUT2D eigenvalue weighted by Gasteiger charge is 2.17. The molecule has 1 aromatic rings. The van der Waals surface area contributed by atoms with Crippen molar-refractivity contribution >= 4 is 27.5 Å². The van der Waals surface area contributed by atoms with Crippen molar-refractivity contribution in [3.63, 3.8) is 0 Å². The third-order valence-corrected chi connectivity index (χ3v) is 3.22. The second-order valence-corrected chi connectivity index (χ2v) is 5.33. The summed E-state index contributed by atoms with van der Waals surface area (Å²) in [4.78, 5) is 11.9. The molecule has 1 amide bonds. The van der Waals surface area contributed by atoms with E-state index in [1.54, 1.807) is 0 Å². The third kappa shape index (κ3) is 3.82. The monoisotopic (exact) mass is 298 g/mol. The van der Waals surface area contributed by atoms with Crippen molar-refractivity contribution in [3.05, 3.63) is 28.2 Å². The maximum Gasteiger partial charge on any atom is 0.241 e. The summed E-state index contributed by atoms with van der Waals surface area (Å²) >= 11 is 3.42. The van der Waals surface area contributed by atoms with E-state index in [4.69, 9.17) is 5.73 Å². The van der Waals surface area contributed by atoms with Crippen LogP contribution in [0.25, 0.3) is 0 Å². The standard InChI is InChI=1S/C13H19BrN2O/c1-4-9-7-10(14)5-6-11(9)16-13(17)12(15)8(2)3/h5-8,12H,4,15H2,1-3H3,(H,16,17)/t12-/m1/s1. The smallest absolute Gasteiger partial charge is 0.241 e. The van der Waals surface area contributed by atoms with Crippen molar-refractivity contribution in [2.45, 2.75) is 33.2 Å². The van der Waals surface area contributed by atoms with Gasteiger partial charge in [-0.15, -0.1) is 0 Å². The Labute approximate surface area is 111 Å². The maximum atomic E-state index is 11.9. The van der Waals surface area contributed by atoms with Crippen molar-refractivity contribution in [2.24, 2.45) is 11.7 Å². The molecule has 0 saturated carbocycles. The molecular weight excluding hydrogens is 280 g/mol. The van der Waals surface area contributed by atoms with Crippen molar-refractivity contribution in [1.82, 2.24) is 0 Å². The normalized spacial score (nSPS) is 12.6. The molecule has 1 atom stereocenters. The molecule has 0 aromatic heterocycles. The van der Waals surface area contributed by atoms with Crippen LogP contribution in [0.4, 0.5) is 5.69 Å². The van der Waals surface area contributed by atoms with E-state index >= 15 is 0 Å². The van der Waals surface area contributed by atoms with Gasteiger partial charge >= 0.3 is 0 Å². The zero-order chi connectivity index (χ0) is 13.0. The summed E-state index contributed by atoms with van der Waals surface area (Å²) in [7, 11) is 0. The van der Waals surface area contributed by atoms with Crippen LogP contribution < -0.4 is 11.1 Å². The number of amides is 1. The number of carbonyl (C=O) groups is 1. The van der Waals surface area contributed by atoms with Crippen molar-refractivity contribution in [3.8, 4) is 0 Å². The quantitative estimate of drug-likeness (QED) is 0.898. The number of carbonyl (C=O) groups excluding carboxylic acids is 1. The number of aryl methyl sites for hydroxylation is 1. The number of nitrogens with two attached hydrogens (primary N) is 1. The Morgan fingerprint density at radius 3 is 2.65 bits per heavy atom. The predicted molar refractivity (Wildman–Crippen MR) is 75.0 cm³/mol. The van der Waals surface area contributed by atoms with Gasteiger partial charge in [-0.05, 0) is 36.1 Å². The van der Waals surface area contributed by atoms with Gasteiger partial charge in [0.15, 0.2) is 0 Å². The van der Waals surface area contributed by atoms with Crippen LogP contribution in [-0.4, -0.2) is 11.9 Å². The second kappa shape index (κ2) is 6.17. The first-order valence-electron chi connectivity index (χ1n) is 5.80. The minimum absolute atomic E-state index is 0.128. The van der Waals surface area contributed by atoms with Gasteiger partial charge in [0.25, 0.3) is 0 Å². The second-order valence-electron chi connectivity index (χ2n) is 4.41. The van der Waals surface area contributed by atoms with Gasteiger partial charge < -0.3 is 11.1 Å². The fourth-order valence-corrected chi connectivity index (χ4v) is 1.90. The van der Waals surface area contributed by atoms with E-state index in [1.807, 2.05) is 32.0 Å². The molecule has 0 saturated heterocycles. The molecular formula is C13H19BrN2O. The molecule has 4 heteroatoms. The predicted octanol–water partition coefficient (Wildman–Crippen LogP) is 2.93. The lowest BCUT2D eigenvalue weighted by molar-refractivity contribution is -0.118. The van der Waals surface area contributed by atoms with Gasteiger partial charge in [0.1, 0.15) is 0 Å². The Hall–Kier alpha value is -0.870. The fourth-order valence-electron chi connectivity index (χ4n) is 1.50. The van der Waals surface area contributed by atoms with Crippen LogP contribution in [0.1, 0.15) is 26.3 Å². The number of nitrogens with one attached hydrogen (secondary N) is 1. The summed E-state index contributed by atoms with van der Waals surface area (Å²) in [6.07, 6.45) is 0.867. The van der Waals surface area contributed by atoms with E-state index in [1.165, 1.54) is 0 Å². The minimum Gasteiger partial charge on any atom is -0.324 e. The van der Waals surface area contributed by atoms with E-state index < -0.39 is 6.04 Å². The first kappa shape index (κ1) is 14.2. The van der Waals surface area contributed by atoms with E-state index in [9.17, 15) is 4.79 Å². The summed E-state index contributed by atoms with van der Waals surface area (Å²) in [6.45, 7) is 5.93. The number of hydrogen-bond acceptors (Lipinski definition) is 2. The Balaban J connectivity index is 2.84. The molecule has 0 unspecified atom stereocenters.